The van der Waals surface area contributed by atoms with Gasteiger partial charge in [0.25, 0.3) is 0 Å². The van der Waals surface area contributed by atoms with E-state index in [4.69, 9.17) is 0 Å². The van der Waals surface area contributed by atoms with E-state index in [1.54, 1.807) is 0 Å². The van der Waals surface area contributed by atoms with Gasteiger partial charge in [-0.25, -0.2) is 0 Å². The van der Waals surface area contributed by atoms with Crippen LogP contribution in [0.5, 0.6) is 0 Å². The van der Waals surface area contributed by atoms with Gasteiger partial charge in [-0.3, -0.25) is 9.69 Å². The lowest BCUT2D eigenvalue weighted by molar-refractivity contribution is -0.136. The van der Waals surface area contributed by atoms with Gasteiger partial charge in [-0.2, -0.15) is 0 Å². The first kappa shape index (κ1) is 18.2. The molecule has 6 heteroatoms. The summed E-state index contributed by atoms with van der Waals surface area (Å²) in [5.74, 6) is 0.327. The maximum Gasteiger partial charge on any atom is 0.237 e. The number of fused-ring (bicyclic) bond motifs is 1. The molecule has 1 saturated carbocycles. The fourth-order valence-electron chi connectivity index (χ4n) is 4.56. The summed E-state index contributed by atoms with van der Waals surface area (Å²) in [4.78, 5) is 18.9. The molecule has 134 valence electrons. The van der Waals surface area contributed by atoms with E-state index in [0.717, 1.165) is 39.1 Å². The zero-order chi connectivity index (χ0) is 15.7. The molecule has 24 heavy (non-hydrogen) atoms. The summed E-state index contributed by atoms with van der Waals surface area (Å²) < 4.78 is 0. The molecule has 4 rings (SSSR count). The van der Waals surface area contributed by atoms with Gasteiger partial charge in [0.2, 0.25) is 5.91 Å². The number of carbonyl (C=O) groups excluding carboxylic acids is 1. The Morgan fingerprint density at radius 1 is 1.25 bits per heavy atom. The topological polar surface area (TPSA) is 35.6 Å². The van der Waals surface area contributed by atoms with Gasteiger partial charge < -0.3 is 10.2 Å². The van der Waals surface area contributed by atoms with Crippen molar-refractivity contribution >= 4 is 29.7 Å². The third-order valence-electron chi connectivity index (χ3n) is 5.95. The molecule has 1 N–H and O–H groups in total. The van der Waals surface area contributed by atoms with Crippen molar-refractivity contribution in [3.63, 3.8) is 0 Å². The average molecular weight is 370 g/mol. The van der Waals surface area contributed by atoms with E-state index in [1.165, 1.54) is 42.5 Å². The number of halogens is 1. The van der Waals surface area contributed by atoms with E-state index < -0.39 is 0 Å². The van der Waals surface area contributed by atoms with Crippen LogP contribution in [0.3, 0.4) is 0 Å². The standard InChI is InChI=1S/C18H27N3OS.ClH/c22-17(20-9-4-16-15(12-20)5-11-23-16)13-21-10-8-19-14-18(21)6-2-1-3-7-18;/h5,11,19H,1-4,6-10,12-14H2;1H. The van der Waals surface area contributed by atoms with Gasteiger partial charge >= 0.3 is 0 Å². The largest absolute Gasteiger partial charge is 0.337 e. The Balaban J connectivity index is 0.00000169. The summed E-state index contributed by atoms with van der Waals surface area (Å²) in [6.45, 7) is 5.42. The van der Waals surface area contributed by atoms with E-state index in [1.807, 2.05) is 11.3 Å². The molecule has 2 fully saturated rings. The minimum atomic E-state index is 0. The molecule has 1 spiro atoms. The molecule has 0 atom stereocenters. The SMILES string of the molecule is Cl.O=C(CN1CCNCC12CCCCC2)N1CCc2sccc2C1. The molecule has 0 radical (unpaired) electrons. The Hall–Kier alpha value is -0.620. The first-order chi connectivity index (χ1) is 11.3. The van der Waals surface area contributed by atoms with E-state index in [-0.39, 0.29) is 17.9 Å². The van der Waals surface area contributed by atoms with Crippen LogP contribution in [0.25, 0.3) is 0 Å². The minimum Gasteiger partial charge on any atom is -0.337 e. The number of thiophene rings is 1. The molecular formula is C18H28ClN3OS. The highest BCUT2D eigenvalue weighted by Gasteiger charge is 2.40. The van der Waals surface area contributed by atoms with Crippen LogP contribution in [0.2, 0.25) is 0 Å². The van der Waals surface area contributed by atoms with Crippen LogP contribution in [-0.4, -0.2) is 54.0 Å². The lowest BCUT2D eigenvalue weighted by Gasteiger charge is -2.50. The van der Waals surface area contributed by atoms with Gasteiger partial charge in [-0.15, -0.1) is 23.7 Å². The van der Waals surface area contributed by atoms with Gasteiger partial charge in [0, 0.05) is 43.1 Å². The fourth-order valence-corrected chi connectivity index (χ4v) is 5.45. The van der Waals surface area contributed by atoms with Crippen molar-refractivity contribution in [2.75, 3.05) is 32.7 Å². The van der Waals surface area contributed by atoms with E-state index >= 15 is 0 Å². The Kier molecular flexibility index (Phi) is 5.85. The fraction of sp³-hybridized carbons (Fsp3) is 0.722. The van der Waals surface area contributed by atoms with Gasteiger partial charge in [-0.05, 0) is 36.3 Å². The van der Waals surface area contributed by atoms with Crippen LogP contribution < -0.4 is 5.32 Å². The average Bonchev–Trinajstić information content (AvgIpc) is 3.05. The number of hydrogen-bond acceptors (Lipinski definition) is 4. The second-order valence-corrected chi connectivity index (χ2v) is 8.32. The third-order valence-corrected chi connectivity index (χ3v) is 6.98. The van der Waals surface area contributed by atoms with Crippen molar-refractivity contribution in [2.45, 2.75) is 50.6 Å². The number of nitrogens with one attached hydrogen (secondary N) is 1. The van der Waals surface area contributed by atoms with Crippen LogP contribution in [-0.2, 0) is 17.8 Å². The number of hydrogen-bond donors (Lipinski definition) is 1. The van der Waals surface area contributed by atoms with Gasteiger partial charge in [-0.1, -0.05) is 19.3 Å². The number of nitrogens with zero attached hydrogens (tertiary/aromatic N) is 2. The highest BCUT2D eigenvalue weighted by atomic mass is 35.5. The second-order valence-electron chi connectivity index (χ2n) is 7.32. The maximum absolute atomic E-state index is 12.9. The summed E-state index contributed by atoms with van der Waals surface area (Å²) in [6.07, 6.45) is 7.52. The summed E-state index contributed by atoms with van der Waals surface area (Å²) in [5.41, 5.74) is 1.61. The summed E-state index contributed by atoms with van der Waals surface area (Å²) in [6, 6.07) is 2.19. The number of carbonyl (C=O) groups is 1. The molecule has 3 aliphatic rings. The van der Waals surface area contributed by atoms with Crippen LogP contribution >= 0.6 is 23.7 Å². The molecule has 2 aliphatic heterocycles. The van der Waals surface area contributed by atoms with Gasteiger partial charge in [0.15, 0.2) is 0 Å². The number of piperazine rings is 1. The van der Waals surface area contributed by atoms with Crippen molar-refractivity contribution in [1.82, 2.24) is 15.1 Å². The van der Waals surface area contributed by atoms with Crippen molar-refractivity contribution < 1.29 is 4.79 Å². The van der Waals surface area contributed by atoms with E-state index in [2.05, 4.69) is 26.6 Å². The molecule has 1 aromatic rings. The Morgan fingerprint density at radius 3 is 2.92 bits per heavy atom. The zero-order valence-corrected chi connectivity index (χ0v) is 15.9. The van der Waals surface area contributed by atoms with Crippen LogP contribution in [0.1, 0.15) is 42.5 Å². The maximum atomic E-state index is 12.9. The Bertz CT molecular complexity index is 562. The molecule has 4 nitrogen and oxygen atoms in total. The van der Waals surface area contributed by atoms with Crippen molar-refractivity contribution in [2.24, 2.45) is 0 Å². The first-order valence-electron chi connectivity index (χ1n) is 9.06. The van der Waals surface area contributed by atoms with E-state index in [0.29, 0.717) is 12.5 Å². The molecule has 1 saturated heterocycles. The predicted octanol–water partition coefficient (Wildman–Crippen LogP) is 2.66. The summed E-state index contributed by atoms with van der Waals surface area (Å²) >= 11 is 1.84. The molecule has 0 unspecified atom stereocenters. The number of rotatable bonds is 2. The van der Waals surface area contributed by atoms with Crippen LogP contribution in [0.4, 0.5) is 0 Å². The van der Waals surface area contributed by atoms with Gasteiger partial charge in [0.05, 0.1) is 6.54 Å². The minimum absolute atomic E-state index is 0. The monoisotopic (exact) mass is 369 g/mol. The highest BCUT2D eigenvalue weighted by molar-refractivity contribution is 7.10. The predicted molar refractivity (Wildman–Crippen MR) is 101 cm³/mol. The molecule has 0 aromatic carbocycles. The normalized spacial score (nSPS) is 23.6. The number of amides is 1. The van der Waals surface area contributed by atoms with Crippen molar-refractivity contribution in [1.29, 1.82) is 0 Å². The Morgan fingerprint density at radius 2 is 2.08 bits per heavy atom. The van der Waals surface area contributed by atoms with Crippen LogP contribution in [0, 0.1) is 0 Å². The zero-order valence-electron chi connectivity index (χ0n) is 14.3. The quantitative estimate of drug-likeness (QED) is 0.870. The first-order valence-corrected chi connectivity index (χ1v) is 9.94. The van der Waals surface area contributed by atoms with E-state index in [9.17, 15) is 4.79 Å². The molecule has 1 aliphatic carbocycles. The summed E-state index contributed by atoms with van der Waals surface area (Å²) in [7, 11) is 0. The smallest absolute Gasteiger partial charge is 0.237 e. The molecule has 3 heterocycles. The van der Waals surface area contributed by atoms with Crippen molar-refractivity contribution in [3.8, 4) is 0 Å². The molecular weight excluding hydrogens is 342 g/mol. The lowest BCUT2D eigenvalue weighted by atomic mass is 9.79. The second kappa shape index (κ2) is 7.73. The molecule has 0 bridgehead atoms. The molecule has 1 aromatic heterocycles. The van der Waals surface area contributed by atoms with Crippen molar-refractivity contribution in [3.05, 3.63) is 21.9 Å². The third kappa shape index (κ3) is 3.50. The van der Waals surface area contributed by atoms with Crippen LogP contribution in [0.15, 0.2) is 11.4 Å². The lowest BCUT2D eigenvalue weighted by Crippen LogP contribution is -2.63. The Labute approximate surface area is 155 Å². The summed E-state index contributed by atoms with van der Waals surface area (Å²) in [5, 5.41) is 5.73. The molecule has 1 amide bonds. The van der Waals surface area contributed by atoms with Gasteiger partial charge in [0.1, 0.15) is 0 Å². The highest BCUT2D eigenvalue weighted by Crippen LogP contribution is 2.34.